The Morgan fingerprint density at radius 3 is 2.80 bits per heavy atom. The molecule has 1 fully saturated rings. The first-order valence-electron chi connectivity index (χ1n) is 7.18. The van der Waals surface area contributed by atoms with Crippen LogP contribution in [0.4, 0.5) is 0 Å². The van der Waals surface area contributed by atoms with E-state index in [2.05, 4.69) is 12.2 Å². The summed E-state index contributed by atoms with van der Waals surface area (Å²) in [6, 6.07) is 1.96. The molecule has 1 unspecified atom stereocenters. The summed E-state index contributed by atoms with van der Waals surface area (Å²) in [4.78, 5) is 25.6. The minimum atomic E-state index is -1.02. The van der Waals surface area contributed by atoms with E-state index in [1.807, 2.05) is 6.07 Å². The highest BCUT2D eigenvalue weighted by Crippen LogP contribution is 2.35. The summed E-state index contributed by atoms with van der Waals surface area (Å²) in [5.41, 5.74) is 0.256. The number of aryl methyl sites for hydroxylation is 1. The number of nitrogens with one attached hydrogen (secondary N) is 1. The number of hydrogen-bond acceptors (Lipinski definition) is 3. The number of carboxylic acid groups (broad SMARTS) is 1. The largest absolute Gasteiger partial charge is 0.480 e. The number of fused-ring (bicyclic) bond motifs is 1. The van der Waals surface area contributed by atoms with Gasteiger partial charge in [-0.15, -0.1) is 11.3 Å². The molecule has 4 nitrogen and oxygen atoms in total. The molecular formula is C15H19NO3S. The smallest absolute Gasteiger partial charge is 0.329 e. The quantitative estimate of drug-likeness (QED) is 0.900. The van der Waals surface area contributed by atoms with Crippen LogP contribution < -0.4 is 5.32 Å². The summed E-state index contributed by atoms with van der Waals surface area (Å²) in [5.74, 6) is -0.462. The molecule has 1 saturated carbocycles. The number of carboxylic acids is 1. The molecule has 2 N–H and O–H groups in total. The lowest BCUT2D eigenvalue weighted by Gasteiger charge is -2.38. The van der Waals surface area contributed by atoms with Gasteiger partial charge in [0.15, 0.2) is 0 Å². The van der Waals surface area contributed by atoms with E-state index < -0.39 is 11.5 Å². The minimum Gasteiger partial charge on any atom is -0.480 e. The van der Waals surface area contributed by atoms with Crippen molar-refractivity contribution in [2.45, 2.75) is 51.0 Å². The summed E-state index contributed by atoms with van der Waals surface area (Å²) in [6.07, 6.45) is 5.19. The second-order valence-electron chi connectivity index (χ2n) is 6.10. The maximum Gasteiger partial charge on any atom is 0.329 e. The average Bonchev–Trinajstić information content (AvgIpc) is 2.75. The summed E-state index contributed by atoms with van der Waals surface area (Å²) >= 11 is 1.53. The Hall–Kier alpha value is -1.36. The third kappa shape index (κ3) is 2.24. The molecule has 0 bridgehead atoms. The summed E-state index contributed by atoms with van der Waals surface area (Å²) < 4.78 is 0. The van der Waals surface area contributed by atoms with Crippen LogP contribution in [-0.4, -0.2) is 22.5 Å². The fraction of sp³-hybridized carbons (Fsp3) is 0.600. The van der Waals surface area contributed by atoms with Gasteiger partial charge in [-0.05, 0) is 56.1 Å². The van der Waals surface area contributed by atoms with E-state index in [1.54, 1.807) is 0 Å². The highest BCUT2D eigenvalue weighted by atomic mass is 32.1. The van der Waals surface area contributed by atoms with Gasteiger partial charge in [0, 0.05) is 4.88 Å². The van der Waals surface area contributed by atoms with Crippen molar-refractivity contribution in [1.29, 1.82) is 0 Å². The predicted molar refractivity (Wildman–Crippen MR) is 77.2 cm³/mol. The van der Waals surface area contributed by atoms with Crippen LogP contribution in [-0.2, 0) is 17.6 Å². The molecule has 2 aliphatic carbocycles. The van der Waals surface area contributed by atoms with Gasteiger partial charge >= 0.3 is 5.97 Å². The average molecular weight is 293 g/mol. The van der Waals surface area contributed by atoms with Gasteiger partial charge in [-0.3, -0.25) is 4.79 Å². The molecule has 1 aromatic heterocycles. The first-order valence-corrected chi connectivity index (χ1v) is 7.99. The highest BCUT2D eigenvalue weighted by Gasteiger charge is 2.46. The molecule has 2 aliphatic rings. The van der Waals surface area contributed by atoms with E-state index in [0.29, 0.717) is 23.6 Å². The third-order valence-corrected chi connectivity index (χ3v) is 5.76. The lowest BCUT2D eigenvalue weighted by atomic mass is 9.76. The maximum absolute atomic E-state index is 12.3. The van der Waals surface area contributed by atoms with Crippen LogP contribution in [0, 0.1) is 5.92 Å². The van der Waals surface area contributed by atoms with E-state index in [-0.39, 0.29) is 5.91 Å². The Labute approximate surface area is 122 Å². The van der Waals surface area contributed by atoms with E-state index >= 15 is 0 Å². The van der Waals surface area contributed by atoms with Crippen molar-refractivity contribution in [2.24, 2.45) is 5.92 Å². The zero-order chi connectivity index (χ0) is 14.3. The van der Waals surface area contributed by atoms with E-state index in [1.165, 1.54) is 28.2 Å². The van der Waals surface area contributed by atoms with Gasteiger partial charge in [-0.25, -0.2) is 4.79 Å². The van der Waals surface area contributed by atoms with Crippen LogP contribution in [0.15, 0.2) is 6.07 Å². The maximum atomic E-state index is 12.3. The minimum absolute atomic E-state index is 0.223. The normalized spacial score (nSPS) is 23.6. The molecule has 5 heteroatoms. The molecule has 1 atom stereocenters. The van der Waals surface area contributed by atoms with E-state index in [9.17, 15) is 14.7 Å². The molecule has 1 heterocycles. The number of rotatable bonds is 3. The van der Waals surface area contributed by atoms with Gasteiger partial charge in [0.25, 0.3) is 5.91 Å². The van der Waals surface area contributed by atoms with Gasteiger partial charge in [0.05, 0.1) is 4.88 Å². The van der Waals surface area contributed by atoms with Crippen molar-refractivity contribution in [3.8, 4) is 0 Å². The molecular weight excluding hydrogens is 274 g/mol. The van der Waals surface area contributed by atoms with Crippen LogP contribution in [0.25, 0.3) is 0 Å². The van der Waals surface area contributed by atoms with Gasteiger partial charge in [-0.1, -0.05) is 6.92 Å². The molecule has 0 spiro atoms. The Morgan fingerprint density at radius 1 is 1.45 bits per heavy atom. The first-order chi connectivity index (χ1) is 9.50. The number of carbonyl (C=O) groups is 2. The lowest BCUT2D eigenvalue weighted by Crippen LogP contribution is -2.59. The topological polar surface area (TPSA) is 66.4 Å². The Balaban J connectivity index is 1.76. The van der Waals surface area contributed by atoms with Gasteiger partial charge in [-0.2, -0.15) is 0 Å². The van der Waals surface area contributed by atoms with Crippen LogP contribution in [0.5, 0.6) is 0 Å². The molecule has 0 aromatic carbocycles. The monoisotopic (exact) mass is 293 g/mol. The Kier molecular flexibility index (Phi) is 3.32. The number of aliphatic carboxylic acids is 1. The fourth-order valence-electron chi connectivity index (χ4n) is 3.02. The predicted octanol–water partition coefficient (Wildman–Crippen LogP) is 2.61. The van der Waals surface area contributed by atoms with Gasteiger partial charge in [0.2, 0.25) is 0 Å². The number of thiophene rings is 1. The molecule has 0 aliphatic heterocycles. The van der Waals surface area contributed by atoms with Crippen molar-refractivity contribution in [3.05, 3.63) is 21.4 Å². The zero-order valence-corrected chi connectivity index (χ0v) is 12.4. The van der Waals surface area contributed by atoms with E-state index in [0.717, 1.165) is 19.3 Å². The summed E-state index contributed by atoms with van der Waals surface area (Å²) in [5, 5.41) is 12.0. The number of hydrogen-bond donors (Lipinski definition) is 2. The van der Waals surface area contributed by atoms with Crippen LogP contribution in [0.3, 0.4) is 0 Å². The van der Waals surface area contributed by atoms with Crippen molar-refractivity contribution in [1.82, 2.24) is 5.32 Å². The number of amides is 1. The van der Waals surface area contributed by atoms with Crippen molar-refractivity contribution in [3.63, 3.8) is 0 Å². The molecule has 3 rings (SSSR count). The molecule has 0 radical (unpaired) electrons. The van der Waals surface area contributed by atoms with Crippen molar-refractivity contribution < 1.29 is 14.7 Å². The highest BCUT2D eigenvalue weighted by molar-refractivity contribution is 7.14. The summed E-state index contributed by atoms with van der Waals surface area (Å²) in [6.45, 7) is 2.23. The first kappa shape index (κ1) is 13.6. The zero-order valence-electron chi connectivity index (χ0n) is 11.6. The molecule has 108 valence electrons. The van der Waals surface area contributed by atoms with Gasteiger partial charge in [0.1, 0.15) is 5.54 Å². The SMILES string of the molecule is CC1CCc2sc(C(=O)NC3(C(=O)O)CCC3)cc2C1. The number of carbonyl (C=O) groups excluding carboxylic acids is 1. The van der Waals surface area contributed by atoms with Crippen molar-refractivity contribution in [2.75, 3.05) is 0 Å². The summed E-state index contributed by atoms with van der Waals surface area (Å²) in [7, 11) is 0. The standard InChI is InChI=1S/C15H19NO3S/c1-9-3-4-11-10(7-9)8-12(20-11)13(17)16-15(14(18)19)5-2-6-15/h8-9H,2-7H2,1H3,(H,16,17)(H,18,19). The lowest BCUT2D eigenvalue weighted by molar-refractivity contribution is -0.148. The molecule has 1 amide bonds. The molecule has 20 heavy (non-hydrogen) atoms. The Bertz CT molecular complexity index is 559. The van der Waals surface area contributed by atoms with Crippen LogP contribution in [0.1, 0.15) is 52.7 Å². The van der Waals surface area contributed by atoms with Crippen molar-refractivity contribution >= 4 is 23.2 Å². The fourth-order valence-corrected chi connectivity index (χ4v) is 4.12. The molecule has 0 saturated heterocycles. The second-order valence-corrected chi connectivity index (χ2v) is 7.24. The third-order valence-electron chi connectivity index (χ3n) is 4.52. The molecule has 1 aromatic rings. The van der Waals surface area contributed by atoms with E-state index in [4.69, 9.17) is 0 Å². The second kappa shape index (κ2) is 4.88. The van der Waals surface area contributed by atoms with Gasteiger partial charge < -0.3 is 10.4 Å². The van der Waals surface area contributed by atoms with Crippen LogP contribution in [0.2, 0.25) is 0 Å². The van der Waals surface area contributed by atoms with Crippen LogP contribution >= 0.6 is 11.3 Å². The Morgan fingerprint density at radius 2 is 2.20 bits per heavy atom.